The maximum Gasteiger partial charge on any atom is 0.237 e. The van der Waals surface area contributed by atoms with E-state index in [-0.39, 0.29) is 17.9 Å². The second-order valence-electron chi connectivity index (χ2n) is 6.91. The Morgan fingerprint density at radius 1 is 1.04 bits per heavy atom. The van der Waals surface area contributed by atoms with Crippen LogP contribution in [0, 0.1) is 0 Å². The molecule has 142 valence electrons. The predicted molar refractivity (Wildman–Crippen MR) is 106 cm³/mol. The van der Waals surface area contributed by atoms with E-state index in [9.17, 15) is 9.59 Å². The van der Waals surface area contributed by atoms with E-state index in [0.29, 0.717) is 32.5 Å². The van der Waals surface area contributed by atoms with Gasteiger partial charge in [0.25, 0.3) is 0 Å². The van der Waals surface area contributed by atoms with E-state index in [1.807, 2.05) is 30.3 Å². The van der Waals surface area contributed by atoms with E-state index in [2.05, 4.69) is 39.8 Å². The van der Waals surface area contributed by atoms with Crippen molar-refractivity contribution in [1.29, 1.82) is 0 Å². The summed E-state index contributed by atoms with van der Waals surface area (Å²) in [6, 6.07) is 18.1. The van der Waals surface area contributed by atoms with Crippen molar-refractivity contribution in [2.75, 3.05) is 20.1 Å². The van der Waals surface area contributed by atoms with Crippen LogP contribution in [0.25, 0.3) is 0 Å². The molecule has 2 amide bonds. The third-order valence-corrected chi connectivity index (χ3v) is 5.10. The summed E-state index contributed by atoms with van der Waals surface area (Å²) < 4.78 is 0. The van der Waals surface area contributed by atoms with Crippen molar-refractivity contribution >= 4 is 11.8 Å². The first-order chi connectivity index (χ1) is 13.2. The van der Waals surface area contributed by atoms with Gasteiger partial charge in [-0.25, -0.2) is 0 Å². The molecule has 0 aromatic heterocycles. The first kappa shape index (κ1) is 19.1. The maximum absolute atomic E-state index is 12.3. The molecule has 1 aliphatic heterocycles. The van der Waals surface area contributed by atoms with Crippen LogP contribution < -0.4 is 10.6 Å². The average molecular weight is 365 g/mol. The number of hydrogen-bond donors (Lipinski definition) is 2. The van der Waals surface area contributed by atoms with Gasteiger partial charge in [-0.15, -0.1) is 0 Å². The smallest absolute Gasteiger partial charge is 0.237 e. The zero-order valence-electron chi connectivity index (χ0n) is 15.8. The number of carbonyl (C=O) groups is 2. The Morgan fingerprint density at radius 3 is 2.48 bits per heavy atom. The number of rotatable bonds is 7. The number of carbonyl (C=O) groups excluding carboxylic acids is 2. The summed E-state index contributed by atoms with van der Waals surface area (Å²) >= 11 is 0. The Labute approximate surface area is 160 Å². The molecule has 0 aliphatic carbocycles. The van der Waals surface area contributed by atoms with Gasteiger partial charge in [-0.3, -0.25) is 14.5 Å². The minimum Gasteiger partial charge on any atom is -0.358 e. The minimum atomic E-state index is -0.220. The fraction of sp³-hybridized carbons (Fsp3) is 0.364. The van der Waals surface area contributed by atoms with Gasteiger partial charge in [-0.05, 0) is 29.5 Å². The van der Waals surface area contributed by atoms with Gasteiger partial charge in [0.2, 0.25) is 11.8 Å². The fourth-order valence-corrected chi connectivity index (χ4v) is 3.56. The highest BCUT2D eigenvalue weighted by atomic mass is 16.2. The zero-order valence-corrected chi connectivity index (χ0v) is 15.8. The molecule has 0 saturated heterocycles. The summed E-state index contributed by atoms with van der Waals surface area (Å²) in [5.74, 6) is 0.0365. The van der Waals surface area contributed by atoms with Crippen molar-refractivity contribution in [1.82, 2.24) is 15.5 Å². The molecule has 2 aromatic rings. The normalized spacial score (nSPS) is 16.4. The molecular weight excluding hydrogens is 338 g/mol. The second kappa shape index (κ2) is 9.33. The molecule has 2 aromatic carbocycles. The highest BCUT2D eigenvalue weighted by Gasteiger charge is 2.30. The summed E-state index contributed by atoms with van der Waals surface area (Å²) in [6.07, 6.45) is 1.90. The Hall–Kier alpha value is -2.66. The van der Waals surface area contributed by atoms with Crippen LogP contribution in [-0.4, -0.2) is 42.9 Å². The van der Waals surface area contributed by atoms with E-state index in [0.717, 1.165) is 6.42 Å². The van der Waals surface area contributed by atoms with Crippen LogP contribution in [-0.2, 0) is 29.0 Å². The highest BCUT2D eigenvalue weighted by Crippen LogP contribution is 2.23. The monoisotopic (exact) mass is 365 g/mol. The molecule has 1 heterocycles. The van der Waals surface area contributed by atoms with Crippen LogP contribution in [0.15, 0.2) is 54.6 Å². The largest absolute Gasteiger partial charge is 0.358 e. The lowest BCUT2D eigenvalue weighted by Crippen LogP contribution is -2.50. The molecule has 0 fully saturated rings. The Kier molecular flexibility index (Phi) is 6.60. The van der Waals surface area contributed by atoms with Crippen LogP contribution in [0.1, 0.15) is 23.1 Å². The number of fused-ring (bicyclic) bond motifs is 1. The van der Waals surface area contributed by atoms with E-state index in [4.69, 9.17) is 0 Å². The van der Waals surface area contributed by atoms with Gasteiger partial charge in [0.15, 0.2) is 0 Å². The number of hydrogen-bond acceptors (Lipinski definition) is 3. The van der Waals surface area contributed by atoms with Crippen molar-refractivity contribution < 1.29 is 9.59 Å². The lowest BCUT2D eigenvalue weighted by atomic mass is 9.93. The van der Waals surface area contributed by atoms with Crippen molar-refractivity contribution in [2.45, 2.75) is 31.8 Å². The van der Waals surface area contributed by atoms with Gasteiger partial charge in [0, 0.05) is 33.1 Å². The lowest BCUT2D eigenvalue weighted by Gasteiger charge is -2.35. The van der Waals surface area contributed by atoms with Crippen molar-refractivity contribution in [3.63, 3.8) is 0 Å². The number of amides is 2. The minimum absolute atomic E-state index is 0.00832. The quantitative estimate of drug-likeness (QED) is 0.788. The Balaban J connectivity index is 1.52. The molecule has 0 bridgehead atoms. The first-order valence-corrected chi connectivity index (χ1v) is 9.50. The average Bonchev–Trinajstić information content (AvgIpc) is 2.71. The molecule has 0 radical (unpaired) electrons. The number of nitrogens with one attached hydrogen (secondary N) is 2. The molecular formula is C22H27N3O2. The van der Waals surface area contributed by atoms with Crippen molar-refractivity contribution in [3.8, 4) is 0 Å². The molecule has 5 heteroatoms. The molecule has 27 heavy (non-hydrogen) atoms. The van der Waals surface area contributed by atoms with E-state index in [1.165, 1.54) is 16.7 Å². The SMILES string of the molecule is CNC(=O)[C@H]1Cc2ccccc2CN1CCC(=O)NCCc1ccccc1. The molecule has 0 saturated carbocycles. The van der Waals surface area contributed by atoms with Gasteiger partial charge < -0.3 is 10.6 Å². The van der Waals surface area contributed by atoms with Gasteiger partial charge in [0.05, 0.1) is 6.04 Å². The van der Waals surface area contributed by atoms with Crippen LogP contribution in [0.5, 0.6) is 0 Å². The van der Waals surface area contributed by atoms with Gasteiger partial charge in [0.1, 0.15) is 0 Å². The van der Waals surface area contributed by atoms with E-state index < -0.39 is 0 Å². The number of likely N-dealkylation sites (N-methyl/N-ethyl adjacent to an activating group) is 1. The molecule has 0 spiro atoms. The molecule has 5 nitrogen and oxygen atoms in total. The third-order valence-electron chi connectivity index (χ3n) is 5.10. The summed E-state index contributed by atoms with van der Waals surface area (Å²) in [5.41, 5.74) is 3.67. The second-order valence-corrected chi connectivity index (χ2v) is 6.91. The first-order valence-electron chi connectivity index (χ1n) is 9.50. The summed E-state index contributed by atoms with van der Waals surface area (Å²) in [7, 11) is 1.66. The standard InChI is InChI=1S/C22H27N3O2/c1-23-22(27)20-15-18-9-5-6-10-19(18)16-25(20)14-12-21(26)24-13-11-17-7-3-2-4-8-17/h2-10,20H,11-16H2,1H3,(H,23,27)(H,24,26)/t20-/m1/s1. The van der Waals surface area contributed by atoms with E-state index in [1.54, 1.807) is 7.05 Å². The van der Waals surface area contributed by atoms with Crippen LogP contribution in [0.3, 0.4) is 0 Å². The third kappa shape index (κ3) is 5.17. The number of benzene rings is 2. The van der Waals surface area contributed by atoms with E-state index >= 15 is 0 Å². The summed E-state index contributed by atoms with van der Waals surface area (Å²) in [5, 5.41) is 5.74. The zero-order chi connectivity index (χ0) is 19.1. The fourth-order valence-electron chi connectivity index (χ4n) is 3.56. The van der Waals surface area contributed by atoms with Crippen molar-refractivity contribution in [2.24, 2.45) is 0 Å². The molecule has 2 N–H and O–H groups in total. The van der Waals surface area contributed by atoms with Crippen LogP contribution >= 0.6 is 0 Å². The van der Waals surface area contributed by atoms with Gasteiger partial charge >= 0.3 is 0 Å². The maximum atomic E-state index is 12.3. The molecule has 1 atom stereocenters. The molecule has 1 aliphatic rings. The highest BCUT2D eigenvalue weighted by molar-refractivity contribution is 5.82. The van der Waals surface area contributed by atoms with Crippen molar-refractivity contribution in [3.05, 3.63) is 71.3 Å². The summed E-state index contributed by atoms with van der Waals surface area (Å²) in [4.78, 5) is 26.6. The lowest BCUT2D eigenvalue weighted by molar-refractivity contribution is -0.128. The van der Waals surface area contributed by atoms with Crippen LogP contribution in [0.2, 0.25) is 0 Å². The van der Waals surface area contributed by atoms with Gasteiger partial charge in [-0.2, -0.15) is 0 Å². The molecule has 0 unspecified atom stereocenters. The Bertz CT molecular complexity index is 776. The topological polar surface area (TPSA) is 61.4 Å². The molecule has 3 rings (SSSR count). The van der Waals surface area contributed by atoms with Gasteiger partial charge in [-0.1, -0.05) is 54.6 Å². The number of nitrogens with zero attached hydrogens (tertiary/aromatic N) is 1. The Morgan fingerprint density at radius 2 is 1.74 bits per heavy atom. The summed E-state index contributed by atoms with van der Waals surface area (Å²) in [6.45, 7) is 1.90. The van der Waals surface area contributed by atoms with Crippen LogP contribution in [0.4, 0.5) is 0 Å². The predicted octanol–water partition coefficient (Wildman–Crippen LogP) is 1.91.